The van der Waals surface area contributed by atoms with Gasteiger partial charge in [-0.25, -0.2) is 4.98 Å². The number of hydrogen-bond donors (Lipinski definition) is 2. The lowest BCUT2D eigenvalue weighted by molar-refractivity contribution is -0.910. The largest absolute Gasteiger partial charge is 0.386 e. The maximum Gasteiger partial charge on any atom is 0.262 e. The summed E-state index contributed by atoms with van der Waals surface area (Å²) in [5, 5.41) is 12.1. The second-order valence-electron chi connectivity index (χ2n) is 6.86. The molecule has 2 aromatic rings. The van der Waals surface area contributed by atoms with Gasteiger partial charge in [-0.3, -0.25) is 9.36 Å². The van der Waals surface area contributed by atoms with Crippen LogP contribution in [0.15, 0.2) is 28.2 Å². The van der Waals surface area contributed by atoms with Gasteiger partial charge in [0.15, 0.2) is 5.16 Å². The van der Waals surface area contributed by atoms with Crippen molar-refractivity contribution in [2.45, 2.75) is 31.1 Å². The minimum absolute atomic E-state index is 0.0143. The number of thioether (sulfide) groups is 1. The van der Waals surface area contributed by atoms with Gasteiger partial charge in [-0.1, -0.05) is 23.4 Å². The van der Waals surface area contributed by atoms with Crippen LogP contribution in [0, 0.1) is 0 Å². The Morgan fingerprint density at radius 3 is 2.81 bits per heavy atom. The van der Waals surface area contributed by atoms with Crippen LogP contribution in [0.3, 0.4) is 0 Å². The SMILES string of the molecule is CC(C)n1c(SC[C@@H](O)C[NH+]2CCOCC2)nc2cc(Cl)ccc2c1=O. The van der Waals surface area contributed by atoms with Crippen molar-refractivity contribution in [2.24, 2.45) is 0 Å². The number of hydrogen-bond acceptors (Lipinski definition) is 5. The summed E-state index contributed by atoms with van der Waals surface area (Å²) >= 11 is 7.47. The zero-order chi connectivity index (χ0) is 18.7. The van der Waals surface area contributed by atoms with Crippen LogP contribution in [0.2, 0.25) is 5.02 Å². The van der Waals surface area contributed by atoms with E-state index in [2.05, 4.69) is 4.98 Å². The fourth-order valence-corrected chi connectivity index (χ4v) is 4.36. The molecule has 8 heteroatoms. The lowest BCUT2D eigenvalue weighted by Gasteiger charge is -2.25. The third-order valence-electron chi connectivity index (χ3n) is 4.48. The van der Waals surface area contributed by atoms with Crippen LogP contribution in [0.5, 0.6) is 0 Å². The maximum atomic E-state index is 12.8. The predicted molar refractivity (Wildman–Crippen MR) is 105 cm³/mol. The Kier molecular flexibility index (Phi) is 6.58. The molecular weight excluding hydrogens is 374 g/mol. The molecule has 0 unspecified atom stereocenters. The Morgan fingerprint density at radius 1 is 1.38 bits per heavy atom. The van der Waals surface area contributed by atoms with Crippen molar-refractivity contribution in [3.8, 4) is 0 Å². The number of fused-ring (bicyclic) bond motifs is 1. The molecule has 1 fully saturated rings. The topological polar surface area (TPSA) is 68.8 Å². The van der Waals surface area contributed by atoms with Crippen molar-refractivity contribution in [3.63, 3.8) is 0 Å². The van der Waals surface area contributed by atoms with Gasteiger partial charge in [0.2, 0.25) is 0 Å². The first-order chi connectivity index (χ1) is 12.5. The lowest BCUT2D eigenvalue weighted by atomic mass is 10.2. The summed E-state index contributed by atoms with van der Waals surface area (Å²) in [6.45, 7) is 7.94. The normalized spacial score (nSPS) is 17.1. The third-order valence-corrected chi connectivity index (χ3v) is 5.81. The van der Waals surface area contributed by atoms with E-state index in [1.807, 2.05) is 13.8 Å². The lowest BCUT2D eigenvalue weighted by Crippen LogP contribution is -3.15. The van der Waals surface area contributed by atoms with Crippen molar-refractivity contribution >= 4 is 34.3 Å². The summed E-state index contributed by atoms with van der Waals surface area (Å²) in [7, 11) is 0. The van der Waals surface area contributed by atoms with E-state index in [1.165, 1.54) is 16.7 Å². The molecule has 3 rings (SSSR count). The number of quaternary nitrogens is 1. The zero-order valence-electron chi connectivity index (χ0n) is 15.1. The highest BCUT2D eigenvalue weighted by molar-refractivity contribution is 7.99. The van der Waals surface area contributed by atoms with Gasteiger partial charge in [0.1, 0.15) is 25.7 Å². The fourth-order valence-electron chi connectivity index (χ4n) is 3.14. The van der Waals surface area contributed by atoms with Crippen LogP contribution in [-0.4, -0.2) is 59.4 Å². The monoisotopic (exact) mass is 398 g/mol. The first kappa shape index (κ1) is 19.6. The molecule has 0 saturated carbocycles. The van der Waals surface area contributed by atoms with Crippen molar-refractivity contribution < 1.29 is 14.7 Å². The smallest absolute Gasteiger partial charge is 0.262 e. The van der Waals surface area contributed by atoms with E-state index in [4.69, 9.17) is 16.3 Å². The van der Waals surface area contributed by atoms with E-state index in [0.717, 1.165) is 26.3 Å². The Balaban J connectivity index is 1.79. The van der Waals surface area contributed by atoms with Crippen molar-refractivity contribution in [1.29, 1.82) is 0 Å². The summed E-state index contributed by atoms with van der Waals surface area (Å²) in [6, 6.07) is 5.12. The second-order valence-corrected chi connectivity index (χ2v) is 8.28. The number of morpholine rings is 1. The number of benzene rings is 1. The first-order valence-corrected chi connectivity index (χ1v) is 10.3. The highest BCUT2D eigenvalue weighted by atomic mass is 35.5. The average Bonchev–Trinajstić information content (AvgIpc) is 2.60. The van der Waals surface area contributed by atoms with Crippen LogP contribution >= 0.6 is 23.4 Å². The van der Waals surface area contributed by atoms with Crippen molar-refractivity contribution in [3.05, 3.63) is 33.6 Å². The molecule has 1 aliphatic heterocycles. The van der Waals surface area contributed by atoms with Crippen LogP contribution < -0.4 is 10.5 Å². The molecule has 0 bridgehead atoms. The molecule has 2 heterocycles. The number of nitrogens with zero attached hydrogens (tertiary/aromatic N) is 2. The van der Waals surface area contributed by atoms with Crippen LogP contribution in [0.4, 0.5) is 0 Å². The van der Waals surface area contributed by atoms with E-state index < -0.39 is 6.10 Å². The number of aliphatic hydroxyl groups is 1. The molecule has 1 saturated heterocycles. The van der Waals surface area contributed by atoms with Crippen LogP contribution in [0.1, 0.15) is 19.9 Å². The van der Waals surface area contributed by atoms with Crippen molar-refractivity contribution in [2.75, 3.05) is 38.6 Å². The quantitative estimate of drug-likeness (QED) is 0.561. The number of nitrogens with one attached hydrogen (secondary N) is 1. The summed E-state index contributed by atoms with van der Waals surface area (Å²) in [5.41, 5.74) is 0.521. The maximum absolute atomic E-state index is 12.8. The Bertz CT molecular complexity index is 821. The summed E-state index contributed by atoms with van der Waals surface area (Å²) in [5.74, 6) is 0.496. The molecule has 6 nitrogen and oxygen atoms in total. The van der Waals surface area contributed by atoms with E-state index in [9.17, 15) is 9.90 Å². The van der Waals surface area contributed by atoms with Gasteiger partial charge in [0.25, 0.3) is 5.56 Å². The molecule has 26 heavy (non-hydrogen) atoms. The molecule has 0 radical (unpaired) electrons. The van der Waals surface area contributed by atoms with Gasteiger partial charge in [0.05, 0.1) is 24.1 Å². The second kappa shape index (κ2) is 8.71. The van der Waals surface area contributed by atoms with E-state index in [0.29, 0.717) is 33.4 Å². The molecule has 1 aromatic carbocycles. The minimum atomic E-state index is -0.458. The first-order valence-electron chi connectivity index (χ1n) is 8.89. The van der Waals surface area contributed by atoms with E-state index in [-0.39, 0.29) is 11.6 Å². The minimum Gasteiger partial charge on any atom is -0.386 e. The number of ether oxygens (including phenoxy) is 1. The van der Waals surface area contributed by atoms with Gasteiger partial charge in [-0.05, 0) is 32.0 Å². The molecule has 0 aliphatic carbocycles. The molecule has 0 amide bonds. The summed E-state index contributed by atoms with van der Waals surface area (Å²) in [6.07, 6.45) is -0.458. The van der Waals surface area contributed by atoms with Gasteiger partial charge < -0.3 is 14.7 Å². The zero-order valence-corrected chi connectivity index (χ0v) is 16.6. The average molecular weight is 399 g/mol. The van der Waals surface area contributed by atoms with Crippen LogP contribution in [-0.2, 0) is 4.74 Å². The van der Waals surface area contributed by atoms with Crippen molar-refractivity contribution in [1.82, 2.24) is 9.55 Å². The Morgan fingerprint density at radius 2 is 2.12 bits per heavy atom. The molecule has 142 valence electrons. The van der Waals surface area contributed by atoms with Gasteiger partial charge in [-0.2, -0.15) is 0 Å². The summed E-state index contributed by atoms with van der Waals surface area (Å²) in [4.78, 5) is 18.8. The Labute approximate surface area is 162 Å². The standard InChI is InChI=1S/C18H24ClN3O3S/c1-12(2)22-17(24)15-4-3-13(19)9-16(15)20-18(22)26-11-14(23)10-21-5-7-25-8-6-21/h3-4,9,12,14,23H,5-8,10-11H2,1-2H3/p+1/t14-/m0/s1. The van der Waals surface area contributed by atoms with Gasteiger partial charge in [0, 0.05) is 16.8 Å². The van der Waals surface area contributed by atoms with E-state index >= 15 is 0 Å². The predicted octanol–water partition coefficient (Wildman–Crippen LogP) is 0.999. The highest BCUT2D eigenvalue weighted by Gasteiger charge is 2.20. The highest BCUT2D eigenvalue weighted by Crippen LogP contribution is 2.23. The molecule has 1 atom stereocenters. The number of halogens is 1. The Hall–Kier alpha value is -1.12. The third kappa shape index (κ3) is 4.58. The molecular formula is C18H25ClN3O3S+. The van der Waals surface area contributed by atoms with Crippen LogP contribution in [0.25, 0.3) is 10.9 Å². The molecule has 0 spiro atoms. The summed E-state index contributed by atoms with van der Waals surface area (Å²) < 4.78 is 7.04. The fraction of sp³-hybridized carbons (Fsp3) is 0.556. The van der Waals surface area contributed by atoms with Gasteiger partial charge >= 0.3 is 0 Å². The number of rotatable bonds is 6. The molecule has 2 N–H and O–H groups in total. The molecule has 1 aromatic heterocycles. The molecule has 1 aliphatic rings. The number of aliphatic hydroxyl groups excluding tert-OH is 1. The van der Waals surface area contributed by atoms with Gasteiger partial charge in [-0.15, -0.1) is 0 Å². The number of aromatic nitrogens is 2. The van der Waals surface area contributed by atoms with E-state index in [1.54, 1.807) is 22.8 Å².